The first-order valence-corrected chi connectivity index (χ1v) is 12.7. The third-order valence-corrected chi connectivity index (χ3v) is 9.11. The molecule has 2 fully saturated rings. The van der Waals surface area contributed by atoms with E-state index in [-0.39, 0.29) is 11.3 Å². The van der Waals surface area contributed by atoms with Crippen LogP contribution < -0.4 is 0 Å². The summed E-state index contributed by atoms with van der Waals surface area (Å²) >= 11 is 3.47. The summed E-state index contributed by atoms with van der Waals surface area (Å²) in [5.74, 6) is 1.59. The van der Waals surface area contributed by atoms with Crippen LogP contribution in [0, 0.1) is 17.8 Å². The van der Waals surface area contributed by atoms with Crippen molar-refractivity contribution >= 4 is 39.2 Å². The summed E-state index contributed by atoms with van der Waals surface area (Å²) in [5.41, 5.74) is 2.08. The van der Waals surface area contributed by atoms with Crippen LogP contribution in [0.15, 0.2) is 5.03 Å². The fourth-order valence-electron chi connectivity index (χ4n) is 6.29. The van der Waals surface area contributed by atoms with E-state index in [2.05, 4.69) is 25.7 Å². The highest BCUT2D eigenvalue weighted by atomic mass is 32.2. The van der Waals surface area contributed by atoms with E-state index in [0.29, 0.717) is 17.2 Å². The van der Waals surface area contributed by atoms with Gasteiger partial charge in [0.1, 0.15) is 15.7 Å². The second-order valence-corrected chi connectivity index (χ2v) is 12.5. The molecule has 156 valence electrons. The Labute approximate surface area is 181 Å². The molecule has 0 aromatic carbocycles. The van der Waals surface area contributed by atoms with Crippen molar-refractivity contribution < 1.29 is 4.79 Å². The van der Waals surface area contributed by atoms with E-state index in [4.69, 9.17) is 9.97 Å². The number of thioether (sulfide) groups is 1. The van der Waals surface area contributed by atoms with Crippen molar-refractivity contribution in [1.82, 2.24) is 14.9 Å². The molecule has 3 aliphatic rings. The number of carbonyl (C=O) groups excluding carboxylic acids is 1. The van der Waals surface area contributed by atoms with Gasteiger partial charge in [0, 0.05) is 22.8 Å². The fourth-order valence-corrected chi connectivity index (χ4v) is 8.65. The molecule has 6 heteroatoms. The third kappa shape index (κ3) is 3.60. The van der Waals surface area contributed by atoms with Crippen molar-refractivity contribution in [1.29, 1.82) is 0 Å². The summed E-state index contributed by atoms with van der Waals surface area (Å²) in [6.07, 6.45) is 8.35. The van der Waals surface area contributed by atoms with E-state index in [1.165, 1.54) is 47.9 Å². The number of fused-ring (bicyclic) bond motifs is 5. The van der Waals surface area contributed by atoms with E-state index in [0.717, 1.165) is 35.1 Å². The quantitative estimate of drug-likeness (QED) is 0.484. The molecular formula is C23H31N3OS2. The van der Waals surface area contributed by atoms with Gasteiger partial charge in [-0.15, -0.1) is 11.3 Å². The maximum atomic E-state index is 13.2. The van der Waals surface area contributed by atoms with E-state index >= 15 is 0 Å². The molecule has 4 nitrogen and oxygen atoms in total. The average molecular weight is 430 g/mol. The minimum Gasteiger partial charge on any atom is -0.338 e. The van der Waals surface area contributed by atoms with Crippen LogP contribution in [0.3, 0.4) is 0 Å². The standard InChI is InChI=1S/C23H31N3OS2/c1-14-24-20(19-16-7-5-6-8-17(16)29-21(19)25-14)28-11-18(27)26-13-23(4)10-15(26)9-22(2,3)12-23/h15H,5-13H2,1-4H3/t15-,23+/m1/s1. The summed E-state index contributed by atoms with van der Waals surface area (Å²) < 4.78 is 0. The predicted octanol–water partition coefficient (Wildman–Crippen LogP) is 5.40. The van der Waals surface area contributed by atoms with Crippen LogP contribution in [0.1, 0.15) is 69.1 Å². The number of amides is 1. The topological polar surface area (TPSA) is 46.1 Å². The van der Waals surface area contributed by atoms with Gasteiger partial charge in [0.2, 0.25) is 5.91 Å². The molecule has 1 saturated carbocycles. The Morgan fingerprint density at radius 3 is 2.83 bits per heavy atom. The molecule has 2 aromatic heterocycles. The number of rotatable bonds is 3. The molecule has 1 amide bonds. The van der Waals surface area contributed by atoms with Gasteiger partial charge >= 0.3 is 0 Å². The van der Waals surface area contributed by atoms with Crippen LogP contribution in [0.25, 0.3) is 10.2 Å². The van der Waals surface area contributed by atoms with Crippen LogP contribution in [-0.2, 0) is 17.6 Å². The second-order valence-electron chi connectivity index (χ2n) is 10.5. The van der Waals surface area contributed by atoms with Crippen molar-refractivity contribution in [3.63, 3.8) is 0 Å². The van der Waals surface area contributed by atoms with Crippen LogP contribution in [0.4, 0.5) is 0 Å². The third-order valence-electron chi connectivity index (χ3n) is 6.96. The van der Waals surface area contributed by atoms with Gasteiger partial charge in [-0.05, 0) is 68.3 Å². The molecule has 2 aliphatic carbocycles. The lowest BCUT2D eigenvalue weighted by molar-refractivity contribution is -0.129. The maximum absolute atomic E-state index is 13.2. The zero-order chi connectivity index (χ0) is 20.4. The first-order valence-electron chi connectivity index (χ1n) is 10.9. The van der Waals surface area contributed by atoms with Gasteiger partial charge in [0.25, 0.3) is 0 Å². The van der Waals surface area contributed by atoms with Crippen LogP contribution >= 0.6 is 23.1 Å². The lowest BCUT2D eigenvalue weighted by atomic mass is 9.65. The number of aromatic nitrogens is 2. The number of likely N-dealkylation sites (tertiary alicyclic amines) is 1. The maximum Gasteiger partial charge on any atom is 0.233 e. The van der Waals surface area contributed by atoms with Crippen molar-refractivity contribution in [3.05, 3.63) is 16.3 Å². The molecular weight excluding hydrogens is 398 g/mol. The van der Waals surface area contributed by atoms with Crippen molar-refractivity contribution in [2.45, 2.75) is 83.7 Å². The summed E-state index contributed by atoms with van der Waals surface area (Å²) in [7, 11) is 0. The highest BCUT2D eigenvalue weighted by Gasteiger charge is 2.50. The molecule has 2 bridgehead atoms. The molecule has 0 radical (unpaired) electrons. The SMILES string of the molecule is Cc1nc(SCC(=O)N2C[C@@]3(C)C[C@H]2CC(C)(C)C3)c2c3c(sc2n1)CCCC3. The molecule has 0 spiro atoms. The van der Waals surface area contributed by atoms with E-state index in [1.807, 2.05) is 18.3 Å². The normalized spacial score (nSPS) is 28.0. The predicted molar refractivity (Wildman–Crippen MR) is 121 cm³/mol. The summed E-state index contributed by atoms with van der Waals surface area (Å²) in [6.45, 7) is 9.99. The van der Waals surface area contributed by atoms with Gasteiger partial charge in [-0.25, -0.2) is 9.97 Å². The number of hydrogen-bond donors (Lipinski definition) is 0. The zero-order valence-electron chi connectivity index (χ0n) is 18.0. The number of carbonyl (C=O) groups is 1. The Morgan fingerprint density at radius 2 is 2.00 bits per heavy atom. The summed E-state index contributed by atoms with van der Waals surface area (Å²) in [5, 5.41) is 2.26. The number of aryl methyl sites for hydroxylation is 3. The van der Waals surface area contributed by atoms with Crippen LogP contribution in [0.5, 0.6) is 0 Å². The first-order chi connectivity index (χ1) is 13.7. The van der Waals surface area contributed by atoms with E-state index in [9.17, 15) is 4.79 Å². The van der Waals surface area contributed by atoms with Crippen LogP contribution in [0.2, 0.25) is 0 Å². The Kier molecular flexibility index (Phi) is 4.74. The highest BCUT2D eigenvalue weighted by molar-refractivity contribution is 8.00. The molecule has 3 heterocycles. The summed E-state index contributed by atoms with van der Waals surface area (Å²) in [4.78, 5) is 27.5. The van der Waals surface area contributed by atoms with Gasteiger partial charge in [0.15, 0.2) is 0 Å². The van der Waals surface area contributed by atoms with E-state index < -0.39 is 0 Å². The molecule has 0 unspecified atom stereocenters. The molecule has 1 aliphatic heterocycles. The molecule has 29 heavy (non-hydrogen) atoms. The summed E-state index contributed by atoms with van der Waals surface area (Å²) in [6, 6.07) is 0.415. The molecule has 1 saturated heterocycles. The van der Waals surface area contributed by atoms with E-state index in [1.54, 1.807) is 11.8 Å². The monoisotopic (exact) mass is 429 g/mol. The molecule has 5 rings (SSSR count). The second kappa shape index (κ2) is 6.94. The lowest BCUT2D eigenvalue weighted by Gasteiger charge is -2.39. The van der Waals surface area contributed by atoms with Gasteiger partial charge in [-0.1, -0.05) is 32.5 Å². The fraction of sp³-hybridized carbons (Fsp3) is 0.696. The van der Waals surface area contributed by atoms with Crippen molar-refractivity contribution in [2.24, 2.45) is 10.8 Å². The largest absolute Gasteiger partial charge is 0.338 e. The van der Waals surface area contributed by atoms with Gasteiger partial charge in [0.05, 0.1) is 5.75 Å². The average Bonchev–Trinajstić information content (AvgIpc) is 3.12. The Hall–Kier alpha value is -1.14. The van der Waals surface area contributed by atoms with Crippen molar-refractivity contribution in [2.75, 3.05) is 12.3 Å². The minimum atomic E-state index is 0.287. The molecule has 2 atom stereocenters. The smallest absolute Gasteiger partial charge is 0.233 e. The molecule has 0 N–H and O–H groups in total. The number of thiophene rings is 1. The van der Waals surface area contributed by atoms with Gasteiger partial charge < -0.3 is 4.90 Å². The highest BCUT2D eigenvalue weighted by Crippen LogP contribution is 2.52. The Bertz CT molecular complexity index is 982. The van der Waals surface area contributed by atoms with Gasteiger partial charge in [-0.3, -0.25) is 4.79 Å². The zero-order valence-corrected chi connectivity index (χ0v) is 19.6. The van der Waals surface area contributed by atoms with Crippen molar-refractivity contribution in [3.8, 4) is 0 Å². The number of nitrogens with zero attached hydrogens (tertiary/aromatic N) is 3. The molecule has 2 aromatic rings. The Balaban J connectivity index is 1.37. The Morgan fingerprint density at radius 1 is 1.21 bits per heavy atom. The van der Waals surface area contributed by atoms with Gasteiger partial charge in [-0.2, -0.15) is 0 Å². The first kappa shape index (κ1) is 19.8. The lowest BCUT2D eigenvalue weighted by Crippen LogP contribution is -2.38. The minimum absolute atomic E-state index is 0.287. The number of hydrogen-bond acceptors (Lipinski definition) is 5. The van der Waals surface area contributed by atoms with Crippen LogP contribution in [-0.4, -0.2) is 39.1 Å².